The minimum Gasteiger partial charge on any atom is -0.381 e. The van der Waals surface area contributed by atoms with Gasteiger partial charge in [-0.05, 0) is 37.3 Å². The third-order valence-corrected chi connectivity index (χ3v) is 4.38. The van der Waals surface area contributed by atoms with Gasteiger partial charge in [-0.1, -0.05) is 6.07 Å². The summed E-state index contributed by atoms with van der Waals surface area (Å²) in [6.45, 7) is 1.58. The second-order valence-corrected chi connectivity index (χ2v) is 5.66. The highest BCUT2D eigenvalue weighted by Crippen LogP contribution is 2.31. The van der Waals surface area contributed by atoms with Crippen LogP contribution in [0.4, 0.5) is 5.69 Å². The molecule has 1 saturated heterocycles. The topological polar surface area (TPSA) is 64.4 Å². The lowest BCUT2D eigenvalue weighted by atomic mass is 9.79. The highest BCUT2D eigenvalue weighted by atomic mass is 35.5. The van der Waals surface area contributed by atoms with Crippen LogP contribution in [0.15, 0.2) is 29.2 Å². The molecule has 0 spiro atoms. The molecule has 1 heterocycles. The zero-order chi connectivity index (χ0) is 13.7. The maximum Gasteiger partial charge on any atom is 0.232 e. The molecule has 0 aliphatic carbocycles. The fourth-order valence-corrected chi connectivity index (χ4v) is 2.71. The first-order chi connectivity index (χ1) is 9.20. The van der Waals surface area contributed by atoms with Crippen molar-refractivity contribution in [3.05, 3.63) is 24.3 Å². The first-order valence-electron chi connectivity index (χ1n) is 6.43. The first-order valence-corrected chi connectivity index (χ1v) is 7.66. The van der Waals surface area contributed by atoms with E-state index >= 15 is 0 Å². The van der Waals surface area contributed by atoms with Gasteiger partial charge in [-0.2, -0.15) is 0 Å². The van der Waals surface area contributed by atoms with Crippen LogP contribution in [-0.2, 0) is 9.53 Å². The second kappa shape index (κ2) is 7.88. The molecule has 1 aromatic rings. The zero-order valence-electron chi connectivity index (χ0n) is 11.6. The molecule has 0 aromatic heterocycles. The smallest absolute Gasteiger partial charge is 0.232 e. The number of carbonyl (C=O) groups is 1. The first kappa shape index (κ1) is 17.3. The van der Waals surface area contributed by atoms with Crippen molar-refractivity contribution < 1.29 is 9.53 Å². The van der Waals surface area contributed by atoms with Crippen molar-refractivity contribution in [2.45, 2.75) is 17.7 Å². The van der Waals surface area contributed by atoms with Crippen molar-refractivity contribution in [3.8, 4) is 0 Å². The number of hydrogen-bond donors (Lipinski definition) is 2. The average Bonchev–Trinajstić information content (AvgIpc) is 2.48. The van der Waals surface area contributed by atoms with Gasteiger partial charge < -0.3 is 15.8 Å². The predicted octanol–water partition coefficient (Wildman–Crippen LogP) is 2.52. The van der Waals surface area contributed by atoms with Gasteiger partial charge in [-0.3, -0.25) is 4.79 Å². The molecular formula is C14H21ClN2O2S. The van der Waals surface area contributed by atoms with E-state index < -0.39 is 5.41 Å². The van der Waals surface area contributed by atoms with Crippen LogP contribution in [0.5, 0.6) is 0 Å². The van der Waals surface area contributed by atoms with E-state index in [1.807, 2.05) is 30.5 Å². The van der Waals surface area contributed by atoms with Crippen molar-refractivity contribution in [2.24, 2.45) is 11.1 Å². The van der Waals surface area contributed by atoms with E-state index in [0.717, 1.165) is 10.6 Å². The molecule has 112 valence electrons. The largest absolute Gasteiger partial charge is 0.381 e. The number of thioether (sulfide) groups is 1. The van der Waals surface area contributed by atoms with Gasteiger partial charge in [0, 0.05) is 30.3 Å². The van der Waals surface area contributed by atoms with Gasteiger partial charge in [0.25, 0.3) is 0 Å². The van der Waals surface area contributed by atoms with Gasteiger partial charge in [-0.25, -0.2) is 0 Å². The number of hydrogen-bond acceptors (Lipinski definition) is 4. The van der Waals surface area contributed by atoms with E-state index in [0.29, 0.717) is 32.6 Å². The Bertz CT molecular complexity index is 451. The summed E-state index contributed by atoms with van der Waals surface area (Å²) < 4.78 is 5.32. The molecule has 1 amide bonds. The van der Waals surface area contributed by atoms with Crippen LogP contribution in [0.1, 0.15) is 12.8 Å². The molecule has 1 aliphatic heterocycles. The van der Waals surface area contributed by atoms with Crippen LogP contribution < -0.4 is 11.1 Å². The fourth-order valence-electron chi connectivity index (χ4n) is 2.25. The molecule has 0 unspecified atom stereocenters. The van der Waals surface area contributed by atoms with Gasteiger partial charge in [0.05, 0.1) is 5.41 Å². The van der Waals surface area contributed by atoms with Gasteiger partial charge in [0.2, 0.25) is 5.91 Å². The van der Waals surface area contributed by atoms with E-state index in [-0.39, 0.29) is 18.3 Å². The van der Waals surface area contributed by atoms with Gasteiger partial charge in [-0.15, -0.1) is 24.2 Å². The molecule has 1 fully saturated rings. The lowest BCUT2D eigenvalue weighted by Gasteiger charge is -2.34. The molecule has 6 heteroatoms. The summed E-state index contributed by atoms with van der Waals surface area (Å²) in [4.78, 5) is 13.6. The minimum absolute atomic E-state index is 0. The summed E-state index contributed by atoms with van der Waals surface area (Å²) in [6, 6.07) is 7.85. The number of carbonyl (C=O) groups excluding carboxylic acids is 1. The highest BCUT2D eigenvalue weighted by Gasteiger charge is 2.38. The van der Waals surface area contributed by atoms with Crippen LogP contribution in [-0.4, -0.2) is 31.9 Å². The highest BCUT2D eigenvalue weighted by molar-refractivity contribution is 7.98. The van der Waals surface area contributed by atoms with E-state index in [9.17, 15) is 4.79 Å². The Morgan fingerprint density at radius 3 is 2.75 bits per heavy atom. The van der Waals surface area contributed by atoms with Gasteiger partial charge in [0.15, 0.2) is 0 Å². The summed E-state index contributed by atoms with van der Waals surface area (Å²) in [5.41, 5.74) is 6.18. The number of rotatable bonds is 4. The van der Waals surface area contributed by atoms with Crippen molar-refractivity contribution in [3.63, 3.8) is 0 Å². The number of nitrogens with one attached hydrogen (secondary N) is 1. The Morgan fingerprint density at radius 1 is 1.45 bits per heavy atom. The minimum atomic E-state index is -0.479. The third kappa shape index (κ3) is 3.88. The molecule has 20 heavy (non-hydrogen) atoms. The molecular weight excluding hydrogens is 296 g/mol. The van der Waals surface area contributed by atoms with Crippen molar-refractivity contribution in [2.75, 3.05) is 31.3 Å². The number of nitrogens with two attached hydrogens (primary N) is 1. The predicted molar refractivity (Wildman–Crippen MR) is 85.6 cm³/mol. The molecule has 3 N–H and O–H groups in total. The van der Waals surface area contributed by atoms with E-state index in [2.05, 4.69) is 5.32 Å². The average molecular weight is 317 g/mol. The molecule has 2 rings (SSSR count). The molecule has 0 atom stereocenters. The number of benzene rings is 1. The number of anilines is 1. The van der Waals surface area contributed by atoms with Crippen molar-refractivity contribution >= 4 is 35.8 Å². The van der Waals surface area contributed by atoms with Gasteiger partial charge >= 0.3 is 0 Å². The number of halogens is 1. The zero-order valence-corrected chi connectivity index (χ0v) is 13.2. The van der Waals surface area contributed by atoms with E-state index in [4.69, 9.17) is 10.5 Å². The number of amides is 1. The molecule has 0 saturated carbocycles. The fraction of sp³-hybridized carbons (Fsp3) is 0.500. The molecule has 0 radical (unpaired) electrons. The Hall–Kier alpha value is -0.750. The summed E-state index contributed by atoms with van der Waals surface area (Å²) in [6.07, 6.45) is 3.40. The van der Waals surface area contributed by atoms with E-state index in [1.54, 1.807) is 11.8 Å². The van der Waals surface area contributed by atoms with Crippen LogP contribution in [0, 0.1) is 5.41 Å². The Morgan fingerprint density at radius 2 is 2.15 bits per heavy atom. The summed E-state index contributed by atoms with van der Waals surface area (Å²) in [7, 11) is 0. The quantitative estimate of drug-likeness (QED) is 0.838. The Labute approximate surface area is 130 Å². The van der Waals surface area contributed by atoms with E-state index in [1.165, 1.54) is 0 Å². The summed E-state index contributed by atoms with van der Waals surface area (Å²) in [5, 5.41) is 2.99. The lowest BCUT2D eigenvalue weighted by molar-refractivity contribution is -0.130. The maximum atomic E-state index is 12.5. The Kier molecular flexibility index (Phi) is 6.82. The molecule has 4 nitrogen and oxygen atoms in total. The SMILES string of the molecule is CSc1cccc(NC(=O)C2(CN)CCOCC2)c1.Cl. The third-order valence-electron chi connectivity index (χ3n) is 3.65. The molecule has 1 aliphatic rings. The van der Waals surface area contributed by atoms with Crippen molar-refractivity contribution in [1.82, 2.24) is 0 Å². The molecule has 1 aromatic carbocycles. The normalized spacial score (nSPS) is 17.1. The van der Waals surface area contributed by atoms with Crippen LogP contribution in [0.2, 0.25) is 0 Å². The van der Waals surface area contributed by atoms with Gasteiger partial charge in [0.1, 0.15) is 0 Å². The Balaban J connectivity index is 0.00000200. The molecule has 0 bridgehead atoms. The van der Waals surface area contributed by atoms with Crippen LogP contribution in [0.3, 0.4) is 0 Å². The van der Waals surface area contributed by atoms with Crippen LogP contribution >= 0.6 is 24.2 Å². The van der Waals surface area contributed by atoms with Crippen molar-refractivity contribution in [1.29, 1.82) is 0 Å². The maximum absolute atomic E-state index is 12.5. The monoisotopic (exact) mass is 316 g/mol. The number of ether oxygens (including phenoxy) is 1. The standard InChI is InChI=1S/C14H20N2O2S.ClH/c1-19-12-4-2-3-11(9-12)16-13(17)14(10-15)5-7-18-8-6-14;/h2-4,9H,5-8,10,15H2,1H3,(H,16,17);1H. The summed E-state index contributed by atoms with van der Waals surface area (Å²) in [5.74, 6) is 0.0107. The second-order valence-electron chi connectivity index (χ2n) is 4.78. The summed E-state index contributed by atoms with van der Waals surface area (Å²) >= 11 is 1.65. The van der Waals surface area contributed by atoms with Crippen LogP contribution in [0.25, 0.3) is 0 Å². The lowest BCUT2D eigenvalue weighted by Crippen LogP contribution is -2.46.